The van der Waals surface area contributed by atoms with Crippen LogP contribution >= 0.6 is 0 Å². The largest absolute Gasteiger partial charge is 0.497 e. The van der Waals surface area contributed by atoms with Crippen LogP contribution in [0.25, 0.3) is 0 Å². The maximum absolute atomic E-state index is 5.97. The Morgan fingerprint density at radius 2 is 2.06 bits per heavy atom. The summed E-state index contributed by atoms with van der Waals surface area (Å²) >= 11 is 0. The minimum atomic E-state index is 0.224. The van der Waals surface area contributed by atoms with Gasteiger partial charge in [0.05, 0.1) is 13.2 Å². The molecule has 0 spiro atoms. The lowest BCUT2D eigenvalue weighted by Gasteiger charge is -2.26. The first-order chi connectivity index (χ1) is 8.76. The summed E-state index contributed by atoms with van der Waals surface area (Å²) in [7, 11) is 1.66. The number of hydrogen-bond acceptors (Lipinski definition) is 4. The number of ether oxygens (including phenoxy) is 2. The van der Waals surface area contributed by atoms with Crippen LogP contribution in [-0.4, -0.2) is 31.2 Å². The van der Waals surface area contributed by atoms with E-state index in [9.17, 15) is 0 Å². The smallest absolute Gasteiger partial charge is 0.216 e. The van der Waals surface area contributed by atoms with E-state index in [-0.39, 0.29) is 18.2 Å². The second kappa shape index (κ2) is 4.61. The number of fused-ring (bicyclic) bond motifs is 1. The highest BCUT2D eigenvalue weighted by Gasteiger charge is 2.36. The van der Waals surface area contributed by atoms with Crippen molar-refractivity contribution >= 4 is 5.90 Å². The third-order valence-corrected chi connectivity index (χ3v) is 3.68. The van der Waals surface area contributed by atoms with Crippen LogP contribution < -0.4 is 10.5 Å². The number of hydrogen-bond donors (Lipinski definition) is 1. The van der Waals surface area contributed by atoms with Gasteiger partial charge in [-0.05, 0) is 43.5 Å². The monoisotopic (exact) mass is 246 g/mol. The summed E-state index contributed by atoms with van der Waals surface area (Å²) in [5.74, 6) is 1.60. The predicted molar refractivity (Wildman–Crippen MR) is 70.0 cm³/mol. The molecule has 0 radical (unpaired) electrons. The third kappa shape index (κ3) is 2.08. The molecule has 18 heavy (non-hydrogen) atoms. The molecule has 1 aliphatic carbocycles. The number of aliphatic imine (C=N–C) groups is 1. The Kier molecular flexibility index (Phi) is 2.96. The minimum Gasteiger partial charge on any atom is -0.497 e. The second-order valence-corrected chi connectivity index (χ2v) is 4.96. The van der Waals surface area contributed by atoms with E-state index in [0.29, 0.717) is 0 Å². The van der Waals surface area contributed by atoms with E-state index in [0.717, 1.165) is 36.5 Å². The number of rotatable bonds is 2. The molecule has 1 fully saturated rings. The summed E-state index contributed by atoms with van der Waals surface area (Å²) in [6, 6.07) is 8.33. The zero-order valence-electron chi connectivity index (χ0n) is 10.5. The van der Waals surface area contributed by atoms with Crippen molar-refractivity contribution in [3.8, 4) is 5.75 Å². The first-order valence-corrected chi connectivity index (χ1v) is 6.41. The SMILES string of the molecule is COc1ccc(C2=NC3CC(N)CCC3O2)cc1. The van der Waals surface area contributed by atoms with Crippen LogP contribution in [0.1, 0.15) is 24.8 Å². The standard InChI is InChI=1S/C14H18N2O2/c1-17-11-5-2-9(3-6-11)14-16-12-8-10(15)4-7-13(12)18-14/h2-3,5-6,10,12-13H,4,7-8,15H2,1H3. The molecule has 0 bridgehead atoms. The molecule has 3 unspecified atom stereocenters. The van der Waals surface area contributed by atoms with E-state index in [1.807, 2.05) is 24.3 Å². The number of nitrogens with zero attached hydrogens (tertiary/aromatic N) is 1. The lowest BCUT2D eigenvalue weighted by Crippen LogP contribution is -2.37. The number of methoxy groups -OCH3 is 1. The van der Waals surface area contributed by atoms with Crippen LogP contribution in [-0.2, 0) is 4.74 Å². The van der Waals surface area contributed by atoms with Crippen molar-refractivity contribution in [2.45, 2.75) is 37.5 Å². The molecule has 0 saturated heterocycles. The van der Waals surface area contributed by atoms with Gasteiger partial charge in [-0.2, -0.15) is 0 Å². The fraction of sp³-hybridized carbons (Fsp3) is 0.500. The molecule has 1 heterocycles. The Bertz CT molecular complexity index is 455. The average molecular weight is 246 g/mol. The molecule has 1 aliphatic heterocycles. The van der Waals surface area contributed by atoms with E-state index < -0.39 is 0 Å². The van der Waals surface area contributed by atoms with Gasteiger partial charge in [-0.3, -0.25) is 0 Å². The van der Waals surface area contributed by atoms with Crippen molar-refractivity contribution in [1.29, 1.82) is 0 Å². The van der Waals surface area contributed by atoms with Gasteiger partial charge in [0.25, 0.3) is 0 Å². The van der Waals surface area contributed by atoms with Gasteiger partial charge in [0.2, 0.25) is 5.90 Å². The zero-order valence-corrected chi connectivity index (χ0v) is 10.5. The van der Waals surface area contributed by atoms with Gasteiger partial charge in [0, 0.05) is 11.6 Å². The molecule has 3 atom stereocenters. The van der Waals surface area contributed by atoms with Gasteiger partial charge in [-0.1, -0.05) is 0 Å². The first kappa shape index (κ1) is 11.5. The van der Waals surface area contributed by atoms with E-state index in [1.165, 1.54) is 0 Å². The summed E-state index contributed by atoms with van der Waals surface area (Å²) in [5, 5.41) is 0. The second-order valence-electron chi connectivity index (χ2n) is 4.96. The summed E-state index contributed by atoms with van der Waals surface area (Å²) in [4.78, 5) is 4.66. The van der Waals surface area contributed by atoms with Crippen LogP contribution in [0, 0.1) is 0 Å². The maximum atomic E-state index is 5.97. The van der Waals surface area contributed by atoms with Crippen LogP contribution in [0.5, 0.6) is 5.75 Å². The minimum absolute atomic E-state index is 0.224. The number of nitrogens with two attached hydrogens (primary N) is 1. The number of benzene rings is 1. The van der Waals surface area contributed by atoms with Crippen molar-refractivity contribution in [1.82, 2.24) is 0 Å². The van der Waals surface area contributed by atoms with Crippen LogP contribution in [0.4, 0.5) is 0 Å². The van der Waals surface area contributed by atoms with Crippen LogP contribution in [0.2, 0.25) is 0 Å². The van der Waals surface area contributed by atoms with Gasteiger partial charge in [0.1, 0.15) is 11.9 Å². The lowest BCUT2D eigenvalue weighted by atomic mass is 9.90. The van der Waals surface area contributed by atoms with Gasteiger partial charge in [-0.15, -0.1) is 0 Å². The molecular weight excluding hydrogens is 228 g/mol. The highest BCUT2D eigenvalue weighted by atomic mass is 16.5. The Morgan fingerprint density at radius 3 is 2.78 bits per heavy atom. The summed E-state index contributed by atoms with van der Waals surface area (Å²) in [5.41, 5.74) is 6.98. The molecule has 3 rings (SSSR count). The predicted octanol–water partition coefficient (Wildman–Crippen LogP) is 1.72. The summed E-state index contributed by atoms with van der Waals surface area (Å²) in [6.07, 6.45) is 3.20. The van der Waals surface area contributed by atoms with Crippen molar-refractivity contribution in [3.63, 3.8) is 0 Å². The quantitative estimate of drug-likeness (QED) is 0.864. The maximum Gasteiger partial charge on any atom is 0.216 e. The summed E-state index contributed by atoms with van der Waals surface area (Å²) in [6.45, 7) is 0. The highest BCUT2D eigenvalue weighted by Crippen LogP contribution is 2.30. The fourth-order valence-electron chi connectivity index (χ4n) is 2.62. The molecule has 2 aliphatic rings. The lowest BCUT2D eigenvalue weighted by molar-refractivity contribution is 0.145. The van der Waals surface area contributed by atoms with Crippen LogP contribution in [0.3, 0.4) is 0 Å². The summed E-state index contributed by atoms with van der Waals surface area (Å²) < 4.78 is 11.1. The van der Waals surface area contributed by atoms with Gasteiger partial charge < -0.3 is 15.2 Å². The Balaban J connectivity index is 1.78. The first-order valence-electron chi connectivity index (χ1n) is 6.41. The van der Waals surface area contributed by atoms with Gasteiger partial charge in [-0.25, -0.2) is 4.99 Å². The van der Waals surface area contributed by atoms with Crippen molar-refractivity contribution in [2.24, 2.45) is 10.7 Å². The Hall–Kier alpha value is -1.55. The molecule has 4 heteroatoms. The fourth-order valence-corrected chi connectivity index (χ4v) is 2.62. The molecule has 1 aromatic carbocycles. The molecule has 2 N–H and O–H groups in total. The van der Waals surface area contributed by atoms with Gasteiger partial charge in [0.15, 0.2) is 0 Å². The molecule has 0 amide bonds. The normalized spacial score (nSPS) is 30.3. The van der Waals surface area contributed by atoms with E-state index in [4.69, 9.17) is 15.2 Å². The molecular formula is C14H18N2O2. The van der Waals surface area contributed by atoms with Crippen molar-refractivity contribution in [3.05, 3.63) is 29.8 Å². The van der Waals surface area contributed by atoms with Crippen molar-refractivity contribution < 1.29 is 9.47 Å². The molecule has 1 saturated carbocycles. The van der Waals surface area contributed by atoms with E-state index in [2.05, 4.69) is 4.99 Å². The van der Waals surface area contributed by atoms with E-state index in [1.54, 1.807) is 7.11 Å². The Labute approximate surface area is 107 Å². The van der Waals surface area contributed by atoms with E-state index >= 15 is 0 Å². The highest BCUT2D eigenvalue weighted by molar-refractivity contribution is 5.95. The van der Waals surface area contributed by atoms with Crippen molar-refractivity contribution in [2.75, 3.05) is 7.11 Å². The third-order valence-electron chi connectivity index (χ3n) is 3.68. The average Bonchev–Trinajstić information content (AvgIpc) is 2.81. The van der Waals surface area contributed by atoms with Crippen LogP contribution in [0.15, 0.2) is 29.3 Å². The zero-order chi connectivity index (χ0) is 12.5. The topological polar surface area (TPSA) is 56.8 Å². The molecule has 4 nitrogen and oxygen atoms in total. The molecule has 1 aromatic rings. The Morgan fingerprint density at radius 1 is 1.28 bits per heavy atom. The van der Waals surface area contributed by atoms with Gasteiger partial charge >= 0.3 is 0 Å². The molecule has 0 aromatic heterocycles. The molecule has 96 valence electrons.